The number of rotatable bonds is 2. The normalized spacial score (nSPS) is 9.93. The van der Waals surface area contributed by atoms with Crippen LogP contribution in [0.4, 0.5) is 5.69 Å². The van der Waals surface area contributed by atoms with E-state index in [-0.39, 0.29) is 5.91 Å². The summed E-state index contributed by atoms with van der Waals surface area (Å²) >= 11 is 3.13. The number of aromatic nitrogens is 1. The SMILES string of the molecule is O=C(Nc1ccncc1)c1coc(Br)c1. The van der Waals surface area contributed by atoms with Crippen LogP contribution in [0.2, 0.25) is 0 Å². The summed E-state index contributed by atoms with van der Waals surface area (Å²) in [6, 6.07) is 5.04. The Balaban J connectivity index is 2.11. The number of pyridine rings is 1. The maximum atomic E-state index is 11.6. The number of carbonyl (C=O) groups is 1. The van der Waals surface area contributed by atoms with Crippen LogP contribution in [-0.4, -0.2) is 10.9 Å². The maximum absolute atomic E-state index is 11.6. The summed E-state index contributed by atoms with van der Waals surface area (Å²) < 4.78 is 5.50. The van der Waals surface area contributed by atoms with Gasteiger partial charge in [0.15, 0.2) is 4.67 Å². The van der Waals surface area contributed by atoms with Crippen molar-refractivity contribution in [2.24, 2.45) is 0 Å². The Labute approximate surface area is 94.4 Å². The van der Waals surface area contributed by atoms with E-state index in [1.165, 1.54) is 6.26 Å². The van der Waals surface area contributed by atoms with Gasteiger partial charge in [-0.15, -0.1) is 0 Å². The number of anilines is 1. The molecule has 2 rings (SSSR count). The van der Waals surface area contributed by atoms with Gasteiger partial charge >= 0.3 is 0 Å². The average Bonchev–Trinajstić information content (AvgIpc) is 2.66. The van der Waals surface area contributed by atoms with Crippen molar-refractivity contribution in [1.29, 1.82) is 0 Å². The molecule has 0 atom stereocenters. The Morgan fingerprint density at radius 2 is 2.13 bits per heavy atom. The summed E-state index contributed by atoms with van der Waals surface area (Å²) in [5, 5.41) is 2.71. The lowest BCUT2D eigenvalue weighted by atomic mass is 10.3. The van der Waals surface area contributed by atoms with E-state index >= 15 is 0 Å². The van der Waals surface area contributed by atoms with E-state index in [1.54, 1.807) is 30.6 Å². The number of halogens is 1. The topological polar surface area (TPSA) is 55.1 Å². The molecule has 1 amide bonds. The zero-order valence-electron chi connectivity index (χ0n) is 7.61. The highest BCUT2D eigenvalue weighted by atomic mass is 79.9. The number of amides is 1. The van der Waals surface area contributed by atoms with Crippen LogP contribution in [0.15, 0.2) is 45.9 Å². The Morgan fingerprint density at radius 3 is 2.73 bits per heavy atom. The molecule has 0 aliphatic carbocycles. The first-order chi connectivity index (χ1) is 7.25. The minimum atomic E-state index is -0.212. The molecule has 2 aromatic rings. The van der Waals surface area contributed by atoms with Gasteiger partial charge in [0.25, 0.3) is 5.91 Å². The first-order valence-corrected chi connectivity index (χ1v) is 5.00. The number of nitrogens with zero attached hydrogens (tertiary/aromatic N) is 1. The molecule has 0 aromatic carbocycles. The van der Waals surface area contributed by atoms with E-state index in [4.69, 9.17) is 4.42 Å². The van der Waals surface area contributed by atoms with E-state index in [1.807, 2.05) is 0 Å². The molecule has 0 radical (unpaired) electrons. The van der Waals surface area contributed by atoms with Crippen LogP contribution in [0, 0.1) is 0 Å². The van der Waals surface area contributed by atoms with Gasteiger partial charge in [-0.2, -0.15) is 0 Å². The van der Waals surface area contributed by atoms with Crippen LogP contribution in [0.1, 0.15) is 10.4 Å². The van der Waals surface area contributed by atoms with Crippen LogP contribution < -0.4 is 5.32 Å². The molecule has 0 aliphatic heterocycles. The Bertz CT molecular complexity index is 467. The third-order valence-electron chi connectivity index (χ3n) is 1.77. The van der Waals surface area contributed by atoms with Crippen molar-refractivity contribution < 1.29 is 9.21 Å². The smallest absolute Gasteiger partial charge is 0.258 e. The molecule has 0 unspecified atom stereocenters. The first-order valence-electron chi connectivity index (χ1n) is 4.21. The van der Waals surface area contributed by atoms with Crippen LogP contribution >= 0.6 is 15.9 Å². The number of furan rings is 1. The molecule has 0 spiro atoms. The van der Waals surface area contributed by atoms with E-state index in [0.717, 1.165) is 0 Å². The molecule has 0 bridgehead atoms. The van der Waals surface area contributed by atoms with Crippen molar-refractivity contribution >= 4 is 27.5 Å². The minimum absolute atomic E-state index is 0.212. The summed E-state index contributed by atoms with van der Waals surface area (Å²) in [5.74, 6) is -0.212. The van der Waals surface area contributed by atoms with Crippen LogP contribution in [0.3, 0.4) is 0 Å². The van der Waals surface area contributed by atoms with Gasteiger partial charge in [-0.1, -0.05) is 0 Å². The van der Waals surface area contributed by atoms with Crippen molar-refractivity contribution in [1.82, 2.24) is 4.98 Å². The highest BCUT2D eigenvalue weighted by molar-refractivity contribution is 9.10. The lowest BCUT2D eigenvalue weighted by Crippen LogP contribution is -2.10. The van der Waals surface area contributed by atoms with Gasteiger partial charge < -0.3 is 9.73 Å². The second-order valence-electron chi connectivity index (χ2n) is 2.83. The molecule has 0 saturated heterocycles. The van der Waals surface area contributed by atoms with Crippen LogP contribution in [0.5, 0.6) is 0 Å². The predicted molar refractivity (Wildman–Crippen MR) is 58.6 cm³/mol. The number of carbonyl (C=O) groups excluding carboxylic acids is 1. The third-order valence-corrected chi connectivity index (χ3v) is 2.18. The van der Waals surface area contributed by atoms with Crippen molar-refractivity contribution in [3.63, 3.8) is 0 Å². The molecule has 4 nitrogen and oxygen atoms in total. The molecule has 76 valence electrons. The van der Waals surface area contributed by atoms with Crippen molar-refractivity contribution in [3.05, 3.63) is 47.1 Å². The molecule has 0 aliphatic rings. The molecule has 5 heteroatoms. The zero-order valence-corrected chi connectivity index (χ0v) is 9.19. The van der Waals surface area contributed by atoms with Gasteiger partial charge in [0.1, 0.15) is 6.26 Å². The van der Waals surface area contributed by atoms with E-state index in [2.05, 4.69) is 26.2 Å². The molecule has 1 N–H and O–H groups in total. The predicted octanol–water partition coefficient (Wildman–Crippen LogP) is 2.69. The Morgan fingerprint density at radius 1 is 1.40 bits per heavy atom. The average molecular weight is 267 g/mol. The molecule has 2 heterocycles. The number of hydrogen-bond donors (Lipinski definition) is 1. The monoisotopic (exact) mass is 266 g/mol. The third kappa shape index (κ3) is 2.44. The maximum Gasteiger partial charge on any atom is 0.258 e. The molecule has 0 fully saturated rings. The zero-order chi connectivity index (χ0) is 10.7. The molecule has 2 aromatic heterocycles. The Kier molecular flexibility index (Phi) is 2.82. The summed E-state index contributed by atoms with van der Waals surface area (Å²) in [7, 11) is 0. The van der Waals surface area contributed by atoms with E-state index in [9.17, 15) is 4.79 Å². The van der Waals surface area contributed by atoms with Gasteiger partial charge in [-0.25, -0.2) is 0 Å². The first kappa shape index (κ1) is 9.92. The molecular weight excluding hydrogens is 260 g/mol. The Hall–Kier alpha value is -1.62. The summed E-state index contributed by atoms with van der Waals surface area (Å²) in [6.07, 6.45) is 4.61. The molecular formula is C10H7BrN2O2. The van der Waals surface area contributed by atoms with E-state index in [0.29, 0.717) is 15.9 Å². The summed E-state index contributed by atoms with van der Waals surface area (Å²) in [5.41, 5.74) is 1.17. The van der Waals surface area contributed by atoms with Crippen LogP contribution in [0.25, 0.3) is 0 Å². The number of nitrogens with one attached hydrogen (secondary N) is 1. The lowest BCUT2D eigenvalue weighted by Gasteiger charge is -2.01. The fourth-order valence-electron chi connectivity index (χ4n) is 1.07. The van der Waals surface area contributed by atoms with Crippen molar-refractivity contribution in [2.45, 2.75) is 0 Å². The van der Waals surface area contributed by atoms with Gasteiger partial charge in [0.05, 0.1) is 5.56 Å². The van der Waals surface area contributed by atoms with Crippen molar-refractivity contribution in [2.75, 3.05) is 5.32 Å². The van der Waals surface area contributed by atoms with Crippen LogP contribution in [-0.2, 0) is 0 Å². The number of hydrogen-bond acceptors (Lipinski definition) is 3. The van der Waals surface area contributed by atoms with Gasteiger partial charge in [0.2, 0.25) is 0 Å². The minimum Gasteiger partial charge on any atom is -0.457 e. The molecule has 0 saturated carbocycles. The van der Waals surface area contributed by atoms with Gasteiger partial charge in [-0.05, 0) is 28.1 Å². The highest BCUT2D eigenvalue weighted by Crippen LogP contribution is 2.15. The van der Waals surface area contributed by atoms with Gasteiger partial charge in [-0.3, -0.25) is 9.78 Å². The largest absolute Gasteiger partial charge is 0.457 e. The lowest BCUT2D eigenvalue weighted by molar-refractivity contribution is 0.102. The fourth-order valence-corrected chi connectivity index (χ4v) is 1.41. The molecule has 15 heavy (non-hydrogen) atoms. The summed E-state index contributed by atoms with van der Waals surface area (Å²) in [6.45, 7) is 0. The second kappa shape index (κ2) is 4.27. The second-order valence-corrected chi connectivity index (χ2v) is 3.61. The highest BCUT2D eigenvalue weighted by Gasteiger charge is 2.08. The quantitative estimate of drug-likeness (QED) is 0.910. The van der Waals surface area contributed by atoms with Crippen molar-refractivity contribution in [3.8, 4) is 0 Å². The standard InChI is InChI=1S/C10H7BrN2O2/c11-9-5-7(6-15-9)10(14)13-8-1-3-12-4-2-8/h1-6H,(H,12,13,14). The van der Waals surface area contributed by atoms with Gasteiger partial charge in [0, 0.05) is 24.1 Å². The summed E-state index contributed by atoms with van der Waals surface area (Å²) in [4.78, 5) is 15.5. The fraction of sp³-hybridized carbons (Fsp3) is 0. The van der Waals surface area contributed by atoms with E-state index < -0.39 is 0 Å².